The van der Waals surface area contributed by atoms with Gasteiger partial charge in [-0.25, -0.2) is 13.4 Å². The minimum absolute atomic E-state index is 0.00411. The van der Waals surface area contributed by atoms with Gasteiger partial charge in [0.25, 0.3) is 0 Å². The Morgan fingerprint density at radius 2 is 1.85 bits per heavy atom. The van der Waals surface area contributed by atoms with Crippen molar-refractivity contribution >= 4 is 38.0 Å². The van der Waals surface area contributed by atoms with Gasteiger partial charge in [-0.15, -0.1) is 5.06 Å². The number of likely N-dealkylation sites (N-methyl/N-ethyl adjacent to an activating group) is 1. The molecule has 0 saturated carbocycles. The summed E-state index contributed by atoms with van der Waals surface area (Å²) >= 11 is 0. The van der Waals surface area contributed by atoms with Gasteiger partial charge in [-0.2, -0.15) is 0 Å². The highest BCUT2D eigenvalue weighted by atomic mass is 32.2. The van der Waals surface area contributed by atoms with Crippen molar-refractivity contribution in [2.45, 2.75) is 57.2 Å². The fourth-order valence-corrected chi connectivity index (χ4v) is 7.93. The van der Waals surface area contributed by atoms with Crippen LogP contribution in [0, 0.1) is 0 Å². The molecule has 7 rings (SSSR count). The van der Waals surface area contributed by atoms with Crippen molar-refractivity contribution in [3.63, 3.8) is 0 Å². The number of fused-ring (bicyclic) bond motifs is 2. The molecule has 9 nitrogen and oxygen atoms in total. The zero-order valence-corrected chi connectivity index (χ0v) is 23.0. The number of amides is 1. The van der Waals surface area contributed by atoms with Crippen LogP contribution >= 0.6 is 0 Å². The molecular formula is C29H32N4O5S. The third-order valence-electron chi connectivity index (χ3n) is 8.74. The molecule has 5 heterocycles. The first-order valence-electron chi connectivity index (χ1n) is 13.7. The molecule has 2 aromatic carbocycles. The van der Waals surface area contributed by atoms with Crippen molar-refractivity contribution in [3.05, 3.63) is 59.6 Å². The molecule has 0 bridgehead atoms. The Morgan fingerprint density at radius 3 is 2.62 bits per heavy atom. The van der Waals surface area contributed by atoms with Crippen LogP contribution in [0.1, 0.15) is 61.6 Å². The molecule has 4 aliphatic rings. The van der Waals surface area contributed by atoms with E-state index in [2.05, 4.69) is 35.8 Å². The Morgan fingerprint density at radius 1 is 1.03 bits per heavy atom. The fourth-order valence-electron chi connectivity index (χ4n) is 6.46. The van der Waals surface area contributed by atoms with Gasteiger partial charge < -0.3 is 19.0 Å². The predicted octanol–water partition coefficient (Wildman–Crippen LogP) is 4.20. The largest absolute Gasteiger partial charge is 0.493 e. The van der Waals surface area contributed by atoms with Gasteiger partial charge in [0.05, 0.1) is 41.2 Å². The van der Waals surface area contributed by atoms with Gasteiger partial charge in [-0.05, 0) is 67.6 Å². The van der Waals surface area contributed by atoms with Crippen molar-refractivity contribution in [1.29, 1.82) is 0 Å². The smallest absolute Gasteiger partial charge is 0.227 e. The molecular weight excluding hydrogens is 516 g/mol. The highest BCUT2D eigenvalue weighted by molar-refractivity contribution is 7.91. The van der Waals surface area contributed by atoms with Crippen molar-refractivity contribution in [3.8, 4) is 5.75 Å². The van der Waals surface area contributed by atoms with Gasteiger partial charge in [-0.3, -0.25) is 4.79 Å². The van der Waals surface area contributed by atoms with Crippen LogP contribution in [-0.2, 0) is 25.9 Å². The lowest BCUT2D eigenvalue weighted by atomic mass is 10.0. The second kappa shape index (κ2) is 9.09. The average Bonchev–Trinajstić information content (AvgIpc) is 3.69. The quantitative estimate of drug-likeness (QED) is 0.483. The van der Waals surface area contributed by atoms with E-state index in [-0.39, 0.29) is 35.5 Å². The van der Waals surface area contributed by atoms with Crippen molar-refractivity contribution < 1.29 is 22.8 Å². The van der Waals surface area contributed by atoms with E-state index in [1.54, 1.807) is 6.26 Å². The van der Waals surface area contributed by atoms with Gasteiger partial charge in [0.1, 0.15) is 27.7 Å². The summed E-state index contributed by atoms with van der Waals surface area (Å²) in [7, 11) is -1.12. The minimum atomic E-state index is -3.03. The lowest BCUT2D eigenvalue weighted by Crippen LogP contribution is -2.32. The van der Waals surface area contributed by atoms with E-state index in [0.717, 1.165) is 51.4 Å². The molecule has 39 heavy (non-hydrogen) atoms. The van der Waals surface area contributed by atoms with Gasteiger partial charge >= 0.3 is 0 Å². The van der Waals surface area contributed by atoms with Gasteiger partial charge in [0.2, 0.25) is 5.91 Å². The van der Waals surface area contributed by atoms with E-state index in [4.69, 9.17) is 14.6 Å². The number of rotatable bonds is 4. The Kier molecular flexibility index (Phi) is 5.75. The SMILES string of the molecule is CC1C(c2ccc3c(c2)nc([C@@H]2CCC(=O)N2c2ccc4c(c2)CCO4)n3C2CCS(=O)(=O)CC2)=CON1C. The molecule has 2 fully saturated rings. The maximum Gasteiger partial charge on any atom is 0.227 e. The van der Waals surface area contributed by atoms with E-state index in [0.29, 0.717) is 32.3 Å². The van der Waals surface area contributed by atoms with E-state index >= 15 is 0 Å². The molecule has 3 aromatic rings. The molecule has 2 atom stereocenters. The highest BCUT2D eigenvalue weighted by Gasteiger charge is 2.39. The van der Waals surface area contributed by atoms with Crippen LogP contribution in [-0.4, -0.2) is 60.1 Å². The Bertz CT molecular complexity index is 1610. The topological polar surface area (TPSA) is 94.0 Å². The number of carbonyl (C=O) groups excluding carboxylic acids is 1. The van der Waals surface area contributed by atoms with E-state index < -0.39 is 9.84 Å². The summed E-state index contributed by atoms with van der Waals surface area (Å²) in [5.41, 5.74) is 5.92. The second-order valence-electron chi connectivity index (χ2n) is 11.0. The summed E-state index contributed by atoms with van der Waals surface area (Å²) < 4.78 is 32.5. The van der Waals surface area contributed by atoms with E-state index in [1.807, 2.05) is 29.1 Å². The molecule has 1 amide bonds. The van der Waals surface area contributed by atoms with E-state index in [1.165, 1.54) is 0 Å². The summed E-state index contributed by atoms with van der Waals surface area (Å²) in [6, 6.07) is 12.1. The molecule has 10 heteroatoms. The van der Waals surface area contributed by atoms with Crippen molar-refractivity contribution in [2.24, 2.45) is 0 Å². The monoisotopic (exact) mass is 548 g/mol. The number of ether oxygens (including phenoxy) is 1. The predicted molar refractivity (Wildman–Crippen MR) is 148 cm³/mol. The fraction of sp³-hybridized carbons (Fsp3) is 0.448. The van der Waals surface area contributed by atoms with Crippen LogP contribution in [0.15, 0.2) is 42.7 Å². The van der Waals surface area contributed by atoms with Crippen LogP contribution in [0.25, 0.3) is 16.6 Å². The third kappa shape index (κ3) is 4.12. The number of sulfone groups is 1. The Hall–Kier alpha value is -3.37. The summed E-state index contributed by atoms with van der Waals surface area (Å²) in [5, 5.41) is 1.82. The second-order valence-corrected chi connectivity index (χ2v) is 13.3. The van der Waals surface area contributed by atoms with Crippen molar-refractivity contribution in [1.82, 2.24) is 14.6 Å². The third-order valence-corrected chi connectivity index (χ3v) is 10.5. The van der Waals surface area contributed by atoms with Gasteiger partial charge in [0, 0.05) is 37.2 Å². The summed E-state index contributed by atoms with van der Waals surface area (Å²) in [4.78, 5) is 26.0. The first-order chi connectivity index (χ1) is 18.8. The van der Waals surface area contributed by atoms with Crippen LogP contribution in [0.3, 0.4) is 0 Å². The lowest BCUT2D eigenvalue weighted by molar-refractivity contribution is -0.117. The molecule has 0 N–H and O–H groups in total. The number of hydroxylamine groups is 2. The first-order valence-corrected chi connectivity index (χ1v) is 15.5. The molecule has 1 unspecified atom stereocenters. The lowest BCUT2D eigenvalue weighted by Gasteiger charge is -2.30. The normalized spacial score (nSPS) is 25.1. The number of nitrogens with zero attached hydrogens (tertiary/aromatic N) is 4. The van der Waals surface area contributed by atoms with Crippen LogP contribution < -0.4 is 9.64 Å². The number of hydrogen-bond donors (Lipinski definition) is 0. The standard InChI is InChI=1S/C29H32N4O5S/c1-18-23(17-38-31(18)2)19-3-5-25-24(16-19)30-29(33(25)21-10-13-39(35,36)14-11-21)26-6-8-28(34)32(26)22-4-7-27-20(15-22)9-12-37-27/h3-5,7,15-18,21,26H,6,8-14H2,1-2H3/t18?,26-/m0/s1. The van der Waals surface area contributed by atoms with Crippen LogP contribution in [0.4, 0.5) is 5.69 Å². The molecule has 0 radical (unpaired) electrons. The number of benzene rings is 2. The first kappa shape index (κ1) is 24.7. The maximum absolute atomic E-state index is 13.3. The number of anilines is 1. The van der Waals surface area contributed by atoms with E-state index in [9.17, 15) is 13.2 Å². The van der Waals surface area contributed by atoms with Crippen LogP contribution in [0.2, 0.25) is 0 Å². The number of hydrogen-bond acceptors (Lipinski definition) is 7. The molecule has 2 saturated heterocycles. The summed E-state index contributed by atoms with van der Waals surface area (Å²) in [6.07, 6.45) is 4.81. The minimum Gasteiger partial charge on any atom is -0.493 e. The average molecular weight is 549 g/mol. The van der Waals surface area contributed by atoms with Gasteiger partial charge in [-0.1, -0.05) is 6.07 Å². The maximum atomic E-state index is 13.3. The van der Waals surface area contributed by atoms with Gasteiger partial charge in [0.15, 0.2) is 0 Å². The van der Waals surface area contributed by atoms with Crippen LogP contribution in [0.5, 0.6) is 5.75 Å². The molecule has 1 aromatic heterocycles. The number of aromatic nitrogens is 2. The summed E-state index contributed by atoms with van der Waals surface area (Å²) in [5.74, 6) is 2.13. The molecule has 0 aliphatic carbocycles. The molecule has 0 spiro atoms. The Balaban J connectivity index is 1.34. The number of imidazole rings is 1. The zero-order chi connectivity index (χ0) is 26.9. The Labute approximate surface area is 227 Å². The molecule has 4 aliphatic heterocycles. The number of carbonyl (C=O) groups is 1. The highest BCUT2D eigenvalue weighted by Crippen LogP contribution is 2.42. The molecule has 204 valence electrons. The zero-order valence-electron chi connectivity index (χ0n) is 22.2. The van der Waals surface area contributed by atoms with Crippen molar-refractivity contribution in [2.75, 3.05) is 30.1 Å². The summed E-state index contributed by atoms with van der Waals surface area (Å²) in [6.45, 7) is 2.76.